The van der Waals surface area contributed by atoms with Crippen molar-refractivity contribution in [2.45, 2.75) is 13.0 Å². The molecule has 0 aliphatic carbocycles. The van der Waals surface area contributed by atoms with E-state index >= 15 is 0 Å². The van der Waals surface area contributed by atoms with Gasteiger partial charge in [0, 0.05) is 13.1 Å². The quantitative estimate of drug-likeness (QED) is 0.795. The zero-order chi connectivity index (χ0) is 15.1. The highest BCUT2D eigenvalue weighted by atomic mass is 32.1. The molecule has 0 bridgehead atoms. The van der Waals surface area contributed by atoms with Gasteiger partial charge in [-0.15, -0.1) is 5.10 Å². The molecule has 1 saturated heterocycles. The molecule has 3 aromatic rings. The van der Waals surface area contributed by atoms with Gasteiger partial charge in [-0.1, -0.05) is 11.3 Å². The maximum atomic E-state index is 10.6. The van der Waals surface area contributed by atoms with Crippen LogP contribution in [-0.2, 0) is 4.74 Å². The molecule has 0 radical (unpaired) electrons. The van der Waals surface area contributed by atoms with Gasteiger partial charge in [-0.2, -0.15) is 15.9 Å². The molecule has 4 rings (SSSR count). The van der Waals surface area contributed by atoms with Crippen molar-refractivity contribution in [1.29, 1.82) is 0 Å². The molecule has 1 N–H and O–H groups in total. The Morgan fingerprint density at radius 1 is 1.36 bits per heavy atom. The van der Waals surface area contributed by atoms with E-state index < -0.39 is 0 Å². The predicted octanol–water partition coefficient (Wildman–Crippen LogP) is 2.29. The summed E-state index contributed by atoms with van der Waals surface area (Å²) in [4.78, 5) is 8.36. The van der Waals surface area contributed by atoms with E-state index in [1.54, 1.807) is 11.3 Å². The summed E-state index contributed by atoms with van der Waals surface area (Å²) in [5, 5.41) is 19.1. The number of hydrogen-bond donors (Lipinski definition) is 1. The van der Waals surface area contributed by atoms with Gasteiger partial charge in [-0.25, -0.2) is 4.98 Å². The minimum atomic E-state index is 0.0314. The Kier molecular flexibility index (Phi) is 3.61. The molecule has 1 aliphatic rings. The Morgan fingerprint density at radius 2 is 2.18 bits per heavy atom. The number of thiazole rings is 1. The molecule has 4 heterocycles. The lowest BCUT2D eigenvalue weighted by Gasteiger charge is -2.33. The van der Waals surface area contributed by atoms with Gasteiger partial charge in [0.1, 0.15) is 5.82 Å². The van der Waals surface area contributed by atoms with E-state index in [0.717, 1.165) is 36.1 Å². The summed E-state index contributed by atoms with van der Waals surface area (Å²) in [5.74, 6) is 0.870. The molecule has 1 fully saturated rings. The molecular weight excluding hydrogens is 320 g/mol. The van der Waals surface area contributed by atoms with Crippen molar-refractivity contribution in [3.05, 3.63) is 33.1 Å². The van der Waals surface area contributed by atoms with Crippen molar-refractivity contribution in [3.8, 4) is 5.88 Å². The van der Waals surface area contributed by atoms with Crippen LogP contribution in [0.2, 0.25) is 0 Å². The molecule has 1 atom stereocenters. The Morgan fingerprint density at radius 3 is 2.86 bits per heavy atom. The number of aryl methyl sites for hydroxylation is 1. The predicted molar refractivity (Wildman–Crippen MR) is 85.8 cm³/mol. The van der Waals surface area contributed by atoms with Gasteiger partial charge in [0.2, 0.25) is 10.8 Å². The van der Waals surface area contributed by atoms with Crippen molar-refractivity contribution in [1.82, 2.24) is 19.5 Å². The van der Waals surface area contributed by atoms with E-state index in [2.05, 4.69) is 31.8 Å². The van der Waals surface area contributed by atoms with Gasteiger partial charge in [0.25, 0.3) is 0 Å². The van der Waals surface area contributed by atoms with Crippen LogP contribution in [0.3, 0.4) is 0 Å². The summed E-state index contributed by atoms with van der Waals surface area (Å²) in [6.45, 7) is 4.99. The number of thiophene rings is 1. The van der Waals surface area contributed by atoms with Gasteiger partial charge < -0.3 is 9.84 Å². The van der Waals surface area contributed by atoms with E-state index in [4.69, 9.17) is 4.74 Å². The molecule has 3 aromatic heterocycles. The Labute approximate surface area is 135 Å². The normalized spacial score (nSPS) is 18.0. The molecule has 0 unspecified atom stereocenters. The minimum Gasteiger partial charge on any atom is -0.492 e. The fourth-order valence-electron chi connectivity index (χ4n) is 2.82. The molecule has 0 saturated carbocycles. The van der Waals surface area contributed by atoms with Crippen molar-refractivity contribution < 1.29 is 9.84 Å². The number of nitrogens with zero attached hydrogens (tertiary/aromatic N) is 4. The first-order chi connectivity index (χ1) is 10.7. The Balaban J connectivity index is 1.81. The maximum Gasteiger partial charge on any atom is 0.230 e. The molecule has 116 valence electrons. The van der Waals surface area contributed by atoms with Crippen LogP contribution in [0.4, 0.5) is 0 Å². The van der Waals surface area contributed by atoms with Gasteiger partial charge >= 0.3 is 0 Å². The number of fused-ring (bicyclic) bond motifs is 1. The van der Waals surface area contributed by atoms with Crippen LogP contribution in [0.1, 0.15) is 22.3 Å². The average Bonchev–Trinajstić information content (AvgIpc) is 3.22. The second kappa shape index (κ2) is 5.62. The van der Waals surface area contributed by atoms with E-state index in [1.165, 1.54) is 21.4 Å². The molecule has 1 aliphatic heterocycles. The summed E-state index contributed by atoms with van der Waals surface area (Å²) < 4.78 is 7.00. The number of aromatic nitrogens is 3. The second-order valence-electron chi connectivity index (χ2n) is 5.25. The fourth-order valence-corrected chi connectivity index (χ4v) is 4.66. The molecule has 0 spiro atoms. The van der Waals surface area contributed by atoms with Gasteiger partial charge in [-0.3, -0.25) is 4.90 Å². The number of rotatable bonds is 3. The van der Waals surface area contributed by atoms with Crippen LogP contribution < -0.4 is 0 Å². The zero-order valence-corrected chi connectivity index (χ0v) is 13.7. The first-order valence-corrected chi connectivity index (χ1v) is 8.89. The highest BCUT2D eigenvalue weighted by Gasteiger charge is 2.30. The summed E-state index contributed by atoms with van der Waals surface area (Å²) in [6.07, 6.45) is 0. The van der Waals surface area contributed by atoms with Crippen LogP contribution in [0, 0.1) is 6.92 Å². The van der Waals surface area contributed by atoms with Crippen LogP contribution in [0.15, 0.2) is 16.8 Å². The molecule has 8 heteroatoms. The van der Waals surface area contributed by atoms with Gasteiger partial charge in [-0.05, 0) is 29.3 Å². The second-order valence-corrected chi connectivity index (χ2v) is 7.04. The summed E-state index contributed by atoms with van der Waals surface area (Å²) >= 11 is 3.18. The molecule has 6 nitrogen and oxygen atoms in total. The number of ether oxygens (including phenoxy) is 1. The van der Waals surface area contributed by atoms with Crippen LogP contribution in [0.25, 0.3) is 4.96 Å². The summed E-state index contributed by atoms with van der Waals surface area (Å²) in [7, 11) is 0. The maximum absolute atomic E-state index is 10.6. The number of morpholine rings is 1. The smallest absolute Gasteiger partial charge is 0.230 e. The first kappa shape index (κ1) is 14.1. The van der Waals surface area contributed by atoms with E-state index in [9.17, 15) is 5.11 Å². The van der Waals surface area contributed by atoms with Gasteiger partial charge in [0.05, 0.1) is 24.1 Å². The SMILES string of the molecule is Cc1nc2sc([C@H](c3ccsc3)N3CCOCC3)c(O)n2n1. The third kappa shape index (κ3) is 2.32. The Hall–Kier alpha value is -1.48. The Bertz CT molecular complexity index is 774. The summed E-state index contributed by atoms with van der Waals surface area (Å²) in [6, 6.07) is 2.15. The monoisotopic (exact) mass is 336 g/mol. The van der Waals surface area contributed by atoms with Crippen LogP contribution in [0.5, 0.6) is 5.88 Å². The van der Waals surface area contributed by atoms with Crippen molar-refractivity contribution >= 4 is 27.6 Å². The van der Waals surface area contributed by atoms with E-state index in [-0.39, 0.29) is 11.9 Å². The number of aromatic hydroxyl groups is 1. The lowest BCUT2D eigenvalue weighted by Crippen LogP contribution is -2.39. The average molecular weight is 336 g/mol. The first-order valence-electron chi connectivity index (χ1n) is 7.13. The largest absolute Gasteiger partial charge is 0.492 e. The van der Waals surface area contributed by atoms with E-state index in [1.807, 2.05) is 6.92 Å². The minimum absolute atomic E-state index is 0.0314. The number of hydrogen-bond acceptors (Lipinski definition) is 7. The van der Waals surface area contributed by atoms with Gasteiger partial charge in [0.15, 0.2) is 0 Å². The zero-order valence-electron chi connectivity index (χ0n) is 12.1. The van der Waals surface area contributed by atoms with Crippen LogP contribution >= 0.6 is 22.7 Å². The highest BCUT2D eigenvalue weighted by Crippen LogP contribution is 2.40. The fraction of sp³-hybridized carbons (Fsp3) is 0.429. The topological polar surface area (TPSA) is 62.9 Å². The lowest BCUT2D eigenvalue weighted by atomic mass is 10.1. The molecule has 0 amide bonds. The van der Waals surface area contributed by atoms with Crippen LogP contribution in [-0.4, -0.2) is 50.9 Å². The lowest BCUT2D eigenvalue weighted by molar-refractivity contribution is 0.0242. The van der Waals surface area contributed by atoms with E-state index in [0.29, 0.717) is 5.82 Å². The molecular formula is C14H16N4O2S2. The molecule has 22 heavy (non-hydrogen) atoms. The third-order valence-corrected chi connectivity index (χ3v) is 5.60. The summed E-state index contributed by atoms with van der Waals surface area (Å²) in [5.41, 5.74) is 1.20. The standard InChI is InChI=1S/C14H16N4O2S2/c1-9-15-14-18(16-9)13(19)12(22-14)11(10-2-7-21-8-10)17-3-5-20-6-4-17/h2,7-8,11,19H,3-6H2,1H3/t11-/m0/s1. The molecule has 0 aromatic carbocycles. The highest BCUT2D eigenvalue weighted by molar-refractivity contribution is 7.17. The third-order valence-electron chi connectivity index (χ3n) is 3.82. The van der Waals surface area contributed by atoms with Crippen molar-refractivity contribution in [2.24, 2.45) is 0 Å². The van der Waals surface area contributed by atoms with Crippen molar-refractivity contribution in [3.63, 3.8) is 0 Å². The van der Waals surface area contributed by atoms with Crippen molar-refractivity contribution in [2.75, 3.05) is 26.3 Å².